The number of phenols is 1. The zero-order valence-electron chi connectivity index (χ0n) is 16.6. The molecule has 0 unspecified atom stereocenters. The second-order valence-electron chi connectivity index (χ2n) is 7.58. The molecule has 1 aromatic carbocycles. The summed E-state index contributed by atoms with van der Waals surface area (Å²) in [4.78, 5) is 11.9. The van der Waals surface area contributed by atoms with Gasteiger partial charge < -0.3 is 9.84 Å². The number of unbranched alkanes of at least 4 members (excludes halogenated alkanes) is 5. The van der Waals surface area contributed by atoms with Crippen LogP contribution in [0.5, 0.6) is 5.75 Å². The molecule has 0 aromatic heterocycles. The second kappa shape index (κ2) is 11.2. The number of aromatic hydroxyl groups is 1. The predicted molar refractivity (Wildman–Crippen MR) is 104 cm³/mol. The van der Waals surface area contributed by atoms with Crippen LogP contribution in [0.2, 0.25) is 0 Å². The molecule has 1 rings (SSSR count). The van der Waals surface area contributed by atoms with Crippen molar-refractivity contribution in [2.75, 3.05) is 6.61 Å². The fraction of sp³-hybridized carbons (Fsp3) is 0.682. The van der Waals surface area contributed by atoms with Crippen molar-refractivity contribution in [3.05, 3.63) is 29.3 Å². The van der Waals surface area contributed by atoms with Gasteiger partial charge in [-0.3, -0.25) is 4.79 Å². The lowest BCUT2D eigenvalue weighted by atomic mass is 9.81. The van der Waals surface area contributed by atoms with E-state index in [1.165, 1.54) is 25.7 Å². The third-order valence-electron chi connectivity index (χ3n) is 5.05. The molecule has 25 heavy (non-hydrogen) atoms. The van der Waals surface area contributed by atoms with Crippen molar-refractivity contribution in [1.82, 2.24) is 0 Å². The summed E-state index contributed by atoms with van der Waals surface area (Å²) >= 11 is 0. The van der Waals surface area contributed by atoms with Crippen LogP contribution in [0.3, 0.4) is 0 Å². The molecule has 0 fully saturated rings. The average Bonchev–Trinajstić information content (AvgIpc) is 2.60. The number of ether oxygens (including phenoxy) is 1. The van der Waals surface area contributed by atoms with Crippen molar-refractivity contribution in [3.63, 3.8) is 0 Å². The Bertz CT molecular complexity index is 520. The van der Waals surface area contributed by atoms with Gasteiger partial charge in [-0.1, -0.05) is 71.9 Å². The van der Waals surface area contributed by atoms with Crippen molar-refractivity contribution in [2.45, 2.75) is 90.9 Å². The summed E-state index contributed by atoms with van der Waals surface area (Å²) in [6.07, 6.45) is 9.16. The fourth-order valence-corrected chi connectivity index (χ4v) is 2.86. The van der Waals surface area contributed by atoms with Crippen molar-refractivity contribution >= 4 is 5.97 Å². The van der Waals surface area contributed by atoms with Gasteiger partial charge in [-0.25, -0.2) is 0 Å². The number of phenolic OH excluding ortho intramolecular Hbond substituents is 1. The summed E-state index contributed by atoms with van der Waals surface area (Å²) in [5.41, 5.74) is 1.96. The molecule has 0 spiro atoms. The van der Waals surface area contributed by atoms with Gasteiger partial charge in [0, 0.05) is 6.42 Å². The lowest BCUT2D eigenvalue weighted by Gasteiger charge is -2.25. The first-order valence-corrected chi connectivity index (χ1v) is 9.88. The average molecular weight is 349 g/mol. The molecular formula is C22H36O3. The smallest absolute Gasteiger partial charge is 0.306 e. The van der Waals surface area contributed by atoms with E-state index in [9.17, 15) is 9.90 Å². The van der Waals surface area contributed by atoms with E-state index in [1.807, 2.05) is 12.1 Å². The maximum atomic E-state index is 11.9. The molecule has 0 atom stereocenters. The molecule has 0 aliphatic heterocycles. The molecule has 142 valence electrons. The molecule has 3 heteroatoms. The van der Waals surface area contributed by atoms with Crippen molar-refractivity contribution in [1.29, 1.82) is 0 Å². The first-order valence-electron chi connectivity index (χ1n) is 9.88. The fourth-order valence-electron chi connectivity index (χ4n) is 2.86. The Morgan fingerprint density at radius 3 is 2.44 bits per heavy atom. The number of carbonyl (C=O) groups is 1. The van der Waals surface area contributed by atoms with Gasteiger partial charge in [-0.05, 0) is 41.9 Å². The summed E-state index contributed by atoms with van der Waals surface area (Å²) in [5, 5.41) is 10.1. The largest absolute Gasteiger partial charge is 0.508 e. The number of rotatable bonds is 12. The Hall–Kier alpha value is -1.51. The minimum atomic E-state index is -0.127. The van der Waals surface area contributed by atoms with Gasteiger partial charge >= 0.3 is 5.97 Å². The molecule has 0 radical (unpaired) electrons. The van der Waals surface area contributed by atoms with Crippen molar-refractivity contribution < 1.29 is 14.6 Å². The van der Waals surface area contributed by atoms with Gasteiger partial charge in [0.1, 0.15) is 5.75 Å². The van der Waals surface area contributed by atoms with Gasteiger partial charge in [-0.15, -0.1) is 0 Å². The predicted octanol–water partition coefficient (Wildman–Crippen LogP) is 5.92. The topological polar surface area (TPSA) is 46.5 Å². The maximum absolute atomic E-state index is 11.9. The molecule has 0 bridgehead atoms. The molecular weight excluding hydrogens is 312 g/mol. The zero-order chi connectivity index (χ0) is 18.7. The molecule has 0 aliphatic carbocycles. The Labute approximate surface area is 153 Å². The lowest BCUT2D eigenvalue weighted by Crippen LogP contribution is -2.16. The summed E-state index contributed by atoms with van der Waals surface area (Å²) in [6, 6.07) is 5.66. The lowest BCUT2D eigenvalue weighted by molar-refractivity contribution is -0.143. The highest BCUT2D eigenvalue weighted by Gasteiger charge is 2.22. The van der Waals surface area contributed by atoms with E-state index in [1.54, 1.807) is 6.07 Å². The monoisotopic (exact) mass is 348 g/mol. The van der Waals surface area contributed by atoms with Crippen LogP contribution in [-0.4, -0.2) is 17.7 Å². The second-order valence-corrected chi connectivity index (χ2v) is 7.58. The van der Waals surface area contributed by atoms with Gasteiger partial charge in [0.05, 0.1) is 6.61 Å². The third-order valence-corrected chi connectivity index (χ3v) is 5.05. The standard InChI is InChI=1S/C22H36O3/c1-5-7-8-9-10-11-16-25-21(24)15-13-18-12-14-20(23)19(17-18)22(3,4)6-2/h12,14,17,23H,5-11,13,15-16H2,1-4H3. The Morgan fingerprint density at radius 2 is 1.76 bits per heavy atom. The van der Waals surface area contributed by atoms with E-state index in [-0.39, 0.29) is 11.4 Å². The normalized spacial score (nSPS) is 11.5. The zero-order valence-corrected chi connectivity index (χ0v) is 16.6. The van der Waals surface area contributed by atoms with Crippen LogP contribution in [0.25, 0.3) is 0 Å². The summed E-state index contributed by atoms with van der Waals surface area (Å²) in [6.45, 7) is 9.11. The Morgan fingerprint density at radius 1 is 1.08 bits per heavy atom. The van der Waals surface area contributed by atoms with E-state index < -0.39 is 0 Å². The number of esters is 1. The van der Waals surface area contributed by atoms with Crippen LogP contribution in [-0.2, 0) is 21.4 Å². The van der Waals surface area contributed by atoms with Crippen LogP contribution >= 0.6 is 0 Å². The van der Waals surface area contributed by atoms with Crippen LogP contribution < -0.4 is 0 Å². The molecule has 0 saturated heterocycles. The summed E-state index contributed by atoms with van der Waals surface area (Å²) in [7, 11) is 0. The minimum absolute atomic E-state index is 0.0711. The quantitative estimate of drug-likeness (QED) is 0.377. The van der Waals surface area contributed by atoms with Crippen molar-refractivity contribution in [3.8, 4) is 5.75 Å². The first-order chi connectivity index (χ1) is 11.9. The number of aryl methyl sites for hydroxylation is 1. The molecule has 0 amide bonds. The van der Waals surface area contributed by atoms with E-state index in [0.717, 1.165) is 30.4 Å². The SMILES string of the molecule is CCCCCCCCOC(=O)CCc1ccc(O)c(C(C)(C)CC)c1. The highest BCUT2D eigenvalue weighted by atomic mass is 16.5. The number of hydrogen-bond acceptors (Lipinski definition) is 3. The van der Waals surface area contributed by atoms with E-state index in [4.69, 9.17) is 4.74 Å². The molecule has 1 aromatic rings. The Kier molecular flexibility index (Phi) is 9.62. The van der Waals surface area contributed by atoms with Gasteiger partial charge in [0.25, 0.3) is 0 Å². The Balaban J connectivity index is 2.35. The molecule has 0 saturated carbocycles. The first kappa shape index (κ1) is 21.5. The van der Waals surface area contributed by atoms with Gasteiger partial charge in [0.15, 0.2) is 0 Å². The van der Waals surface area contributed by atoms with E-state index >= 15 is 0 Å². The number of hydrogen-bond donors (Lipinski definition) is 1. The number of benzene rings is 1. The summed E-state index contributed by atoms with van der Waals surface area (Å²) < 4.78 is 5.32. The van der Waals surface area contributed by atoms with Crippen LogP contribution in [0.15, 0.2) is 18.2 Å². The molecule has 0 aliphatic rings. The maximum Gasteiger partial charge on any atom is 0.306 e. The van der Waals surface area contributed by atoms with Gasteiger partial charge in [0.2, 0.25) is 0 Å². The van der Waals surface area contributed by atoms with E-state index in [0.29, 0.717) is 25.2 Å². The highest BCUT2D eigenvalue weighted by Crippen LogP contribution is 2.34. The molecule has 1 N–H and O–H groups in total. The molecule has 0 heterocycles. The van der Waals surface area contributed by atoms with Crippen molar-refractivity contribution in [2.24, 2.45) is 0 Å². The van der Waals surface area contributed by atoms with Crippen LogP contribution in [0.4, 0.5) is 0 Å². The molecule has 3 nitrogen and oxygen atoms in total. The van der Waals surface area contributed by atoms with Gasteiger partial charge in [-0.2, -0.15) is 0 Å². The van der Waals surface area contributed by atoms with Crippen LogP contribution in [0.1, 0.15) is 90.2 Å². The van der Waals surface area contributed by atoms with E-state index in [2.05, 4.69) is 27.7 Å². The van der Waals surface area contributed by atoms with Crippen LogP contribution in [0, 0.1) is 0 Å². The third kappa shape index (κ3) is 7.94. The summed E-state index contributed by atoms with van der Waals surface area (Å²) in [5.74, 6) is 0.208. The minimum Gasteiger partial charge on any atom is -0.508 e. The highest BCUT2D eigenvalue weighted by molar-refractivity contribution is 5.69. The number of carbonyl (C=O) groups excluding carboxylic acids is 1.